The van der Waals surface area contributed by atoms with E-state index in [1.165, 1.54) is 28.8 Å². The fourth-order valence-electron chi connectivity index (χ4n) is 4.10. The molecule has 0 saturated carbocycles. The number of nitrogens with one attached hydrogen (secondary N) is 1. The van der Waals surface area contributed by atoms with Crippen molar-refractivity contribution in [3.8, 4) is 5.75 Å². The molecule has 3 aromatic carbocycles. The molecule has 0 saturated heterocycles. The molecular formula is C27H23FN4O3S. The van der Waals surface area contributed by atoms with Crippen LogP contribution in [0.25, 0.3) is 0 Å². The minimum Gasteiger partial charge on any atom is -0.496 e. The number of benzene rings is 3. The van der Waals surface area contributed by atoms with Gasteiger partial charge in [-0.05, 0) is 35.9 Å². The van der Waals surface area contributed by atoms with Crippen molar-refractivity contribution in [2.45, 2.75) is 24.8 Å². The molecule has 0 unspecified atom stereocenters. The first-order valence-electron chi connectivity index (χ1n) is 11.4. The van der Waals surface area contributed by atoms with Crippen LogP contribution in [0.1, 0.15) is 23.1 Å². The number of methoxy groups -OCH3 is 1. The molecule has 7 nitrogen and oxygen atoms in total. The second-order valence-electron chi connectivity index (χ2n) is 8.26. The first-order chi connectivity index (χ1) is 17.5. The Morgan fingerprint density at radius 3 is 2.75 bits per heavy atom. The first-order valence-corrected chi connectivity index (χ1v) is 12.4. The highest BCUT2D eigenvalue weighted by molar-refractivity contribution is 8.13. The average molecular weight is 503 g/mol. The van der Waals surface area contributed by atoms with Crippen molar-refractivity contribution in [3.63, 3.8) is 0 Å². The summed E-state index contributed by atoms with van der Waals surface area (Å²) in [6.07, 6.45) is -0.0853. The maximum Gasteiger partial charge on any atom is 0.259 e. The summed E-state index contributed by atoms with van der Waals surface area (Å²) in [5.41, 5.74) is 3.05. The fraction of sp³-hybridized carbons (Fsp3) is 0.185. The lowest BCUT2D eigenvalue weighted by Gasteiger charge is -2.25. The molecule has 1 atom stereocenters. The summed E-state index contributed by atoms with van der Waals surface area (Å²) in [6.45, 7) is 0.281. The summed E-state index contributed by atoms with van der Waals surface area (Å²) in [4.78, 5) is 36.9. The van der Waals surface area contributed by atoms with Crippen molar-refractivity contribution in [1.82, 2.24) is 10.2 Å². The lowest BCUT2D eigenvalue weighted by molar-refractivity contribution is -0.128. The topological polar surface area (TPSA) is 83.4 Å². The van der Waals surface area contributed by atoms with E-state index in [1.54, 1.807) is 13.2 Å². The SMILES string of the molecule is COc1ccccc1CNC(=O)C[C@H]1N=C2c3ccccc3N=C(SCc3cccc(F)c3)N2C1=O. The van der Waals surface area contributed by atoms with Crippen molar-refractivity contribution in [3.05, 3.63) is 95.3 Å². The summed E-state index contributed by atoms with van der Waals surface area (Å²) in [5.74, 6) is 0.678. The van der Waals surface area contributed by atoms with Crippen molar-refractivity contribution in [1.29, 1.82) is 0 Å². The van der Waals surface area contributed by atoms with E-state index in [9.17, 15) is 14.0 Å². The van der Waals surface area contributed by atoms with Crippen LogP contribution in [-0.4, -0.2) is 40.9 Å². The third kappa shape index (κ3) is 4.87. The Labute approximate surface area is 212 Å². The van der Waals surface area contributed by atoms with Gasteiger partial charge >= 0.3 is 0 Å². The number of halogens is 1. The van der Waals surface area contributed by atoms with Crippen molar-refractivity contribution >= 4 is 40.3 Å². The van der Waals surface area contributed by atoms with Crippen LogP contribution < -0.4 is 10.1 Å². The maximum atomic E-state index is 13.6. The number of nitrogens with zero attached hydrogens (tertiary/aromatic N) is 3. The highest BCUT2D eigenvalue weighted by Crippen LogP contribution is 2.35. The Morgan fingerprint density at radius 2 is 1.92 bits per heavy atom. The van der Waals surface area contributed by atoms with Crippen LogP contribution in [0, 0.1) is 5.82 Å². The minimum atomic E-state index is -0.858. The van der Waals surface area contributed by atoms with E-state index in [2.05, 4.69) is 15.3 Å². The van der Waals surface area contributed by atoms with E-state index in [0.29, 0.717) is 28.2 Å². The van der Waals surface area contributed by atoms with E-state index in [-0.39, 0.29) is 30.6 Å². The molecule has 0 spiro atoms. The van der Waals surface area contributed by atoms with Gasteiger partial charge in [0.1, 0.15) is 23.4 Å². The molecule has 36 heavy (non-hydrogen) atoms. The number of amides is 2. The normalized spacial score (nSPS) is 16.1. The number of hydrogen-bond donors (Lipinski definition) is 1. The molecule has 9 heteroatoms. The number of carbonyl (C=O) groups is 2. The highest BCUT2D eigenvalue weighted by atomic mass is 32.2. The number of para-hydroxylation sites is 2. The third-order valence-corrected chi connectivity index (χ3v) is 6.86. The van der Waals surface area contributed by atoms with Gasteiger partial charge in [-0.2, -0.15) is 0 Å². The van der Waals surface area contributed by atoms with Gasteiger partial charge in [0, 0.05) is 23.4 Å². The maximum absolute atomic E-state index is 13.6. The van der Waals surface area contributed by atoms with Gasteiger partial charge in [0.25, 0.3) is 5.91 Å². The molecule has 2 aliphatic heterocycles. The summed E-state index contributed by atoms with van der Waals surface area (Å²) >= 11 is 1.33. The summed E-state index contributed by atoms with van der Waals surface area (Å²) in [6, 6.07) is 20.3. The van der Waals surface area contributed by atoms with Gasteiger partial charge < -0.3 is 10.1 Å². The molecule has 0 bridgehead atoms. The van der Waals surface area contributed by atoms with Crippen LogP contribution in [0.2, 0.25) is 0 Å². The van der Waals surface area contributed by atoms with Gasteiger partial charge in [0.05, 0.1) is 19.2 Å². The van der Waals surface area contributed by atoms with Gasteiger partial charge in [0.15, 0.2) is 5.17 Å². The summed E-state index contributed by atoms with van der Waals surface area (Å²) < 4.78 is 19.0. The third-order valence-electron chi connectivity index (χ3n) is 5.85. The second kappa shape index (κ2) is 10.3. The molecule has 2 amide bonds. The number of thioether (sulfide) groups is 1. The molecular weight excluding hydrogens is 479 g/mol. The zero-order chi connectivity index (χ0) is 25.1. The van der Waals surface area contributed by atoms with E-state index in [1.807, 2.05) is 54.6 Å². The standard InChI is InChI=1S/C27H23FN4O3S/c1-35-23-12-5-2-8-18(23)15-29-24(33)14-22-26(34)32-25(30-22)20-10-3-4-11-21(20)31-27(32)36-16-17-7-6-9-19(28)13-17/h2-13,22H,14-16H2,1H3,(H,29,33)/t22-/m1/s1. The zero-order valence-corrected chi connectivity index (χ0v) is 20.3. The summed E-state index contributed by atoms with van der Waals surface area (Å²) in [5, 5.41) is 3.31. The number of ether oxygens (including phenoxy) is 1. The van der Waals surface area contributed by atoms with E-state index in [0.717, 1.165) is 16.7 Å². The Balaban J connectivity index is 1.32. The minimum absolute atomic E-state index is 0.0853. The van der Waals surface area contributed by atoms with Crippen molar-refractivity contribution in [2.75, 3.05) is 7.11 Å². The van der Waals surface area contributed by atoms with Crippen LogP contribution in [0.5, 0.6) is 5.75 Å². The number of amidine groups is 2. The highest BCUT2D eigenvalue weighted by Gasteiger charge is 2.42. The first kappa shape index (κ1) is 23.7. The lowest BCUT2D eigenvalue weighted by Crippen LogP contribution is -2.42. The van der Waals surface area contributed by atoms with Gasteiger partial charge in [-0.25, -0.2) is 14.3 Å². The monoisotopic (exact) mass is 502 g/mol. The molecule has 5 rings (SSSR count). The van der Waals surface area contributed by atoms with Crippen LogP contribution in [0.4, 0.5) is 10.1 Å². The number of fused-ring (bicyclic) bond motifs is 3. The van der Waals surface area contributed by atoms with Gasteiger partial charge in [0.2, 0.25) is 5.91 Å². The van der Waals surface area contributed by atoms with Crippen LogP contribution in [0.15, 0.2) is 82.8 Å². The molecule has 2 heterocycles. The second-order valence-corrected chi connectivity index (χ2v) is 9.21. The van der Waals surface area contributed by atoms with Crippen molar-refractivity contribution in [2.24, 2.45) is 9.98 Å². The Bertz CT molecular complexity index is 1390. The predicted octanol–water partition coefficient (Wildman–Crippen LogP) is 4.43. The largest absolute Gasteiger partial charge is 0.496 e. The average Bonchev–Trinajstić information content (AvgIpc) is 3.22. The fourth-order valence-corrected chi connectivity index (χ4v) is 5.04. The Kier molecular flexibility index (Phi) is 6.81. The number of hydrogen-bond acceptors (Lipinski definition) is 6. The lowest BCUT2D eigenvalue weighted by atomic mass is 10.1. The van der Waals surface area contributed by atoms with Crippen LogP contribution in [-0.2, 0) is 21.9 Å². The number of rotatable bonds is 7. The quantitative estimate of drug-likeness (QED) is 0.518. The van der Waals surface area contributed by atoms with E-state index >= 15 is 0 Å². The van der Waals surface area contributed by atoms with E-state index < -0.39 is 6.04 Å². The van der Waals surface area contributed by atoms with Gasteiger partial charge in [-0.3, -0.25) is 14.6 Å². The molecule has 0 fully saturated rings. The molecule has 1 N–H and O–H groups in total. The molecule has 0 aromatic heterocycles. The summed E-state index contributed by atoms with van der Waals surface area (Å²) in [7, 11) is 1.58. The Morgan fingerprint density at radius 1 is 1.11 bits per heavy atom. The number of carbonyl (C=O) groups excluding carboxylic acids is 2. The molecule has 3 aromatic rings. The smallest absolute Gasteiger partial charge is 0.259 e. The Hall–Kier alpha value is -3.98. The van der Waals surface area contributed by atoms with Crippen LogP contribution in [0.3, 0.4) is 0 Å². The van der Waals surface area contributed by atoms with Gasteiger partial charge in [-0.15, -0.1) is 0 Å². The van der Waals surface area contributed by atoms with Crippen molar-refractivity contribution < 1.29 is 18.7 Å². The zero-order valence-electron chi connectivity index (χ0n) is 19.5. The molecule has 0 aliphatic carbocycles. The molecule has 0 radical (unpaired) electrons. The van der Waals surface area contributed by atoms with Gasteiger partial charge in [-0.1, -0.05) is 54.2 Å². The predicted molar refractivity (Wildman–Crippen MR) is 138 cm³/mol. The molecule has 182 valence electrons. The number of aliphatic imine (C=N–C) groups is 2. The van der Waals surface area contributed by atoms with E-state index in [4.69, 9.17) is 4.74 Å². The molecule has 2 aliphatic rings. The van der Waals surface area contributed by atoms with Crippen LogP contribution >= 0.6 is 11.8 Å².